The summed E-state index contributed by atoms with van der Waals surface area (Å²) in [5, 5.41) is 9.15. The van der Waals surface area contributed by atoms with Crippen LogP contribution in [0.25, 0.3) is 11.4 Å². The molecular weight excluding hydrogens is 468 g/mol. The van der Waals surface area contributed by atoms with E-state index in [9.17, 15) is 0 Å². The number of rotatable bonds is 4. The predicted molar refractivity (Wildman–Crippen MR) is 152 cm³/mol. The maximum Gasteiger partial charge on any atom is 0.127 e. The van der Waals surface area contributed by atoms with Crippen LogP contribution in [0.1, 0.15) is 52.9 Å². The molecule has 0 amide bonds. The molecule has 7 nitrogen and oxygen atoms in total. The zero-order valence-electron chi connectivity index (χ0n) is 22.5. The molecule has 0 aliphatic heterocycles. The number of aromatic nitrogens is 4. The van der Waals surface area contributed by atoms with E-state index in [1.807, 2.05) is 48.5 Å². The fourth-order valence-electron chi connectivity index (χ4n) is 3.38. The molecule has 0 spiro atoms. The molecule has 0 unspecified atom stereocenters. The number of thioether (sulfide) groups is 1. The van der Waals surface area contributed by atoms with Gasteiger partial charge in [-0.25, -0.2) is 9.36 Å². The van der Waals surface area contributed by atoms with Crippen molar-refractivity contribution >= 4 is 23.4 Å². The Hall–Kier alpha value is -3.39. The van der Waals surface area contributed by atoms with Crippen molar-refractivity contribution in [3.8, 4) is 17.1 Å². The first-order valence-corrected chi connectivity index (χ1v) is 13.1. The van der Waals surface area contributed by atoms with Gasteiger partial charge in [0.2, 0.25) is 0 Å². The summed E-state index contributed by atoms with van der Waals surface area (Å²) in [5.41, 5.74) is 16.0. The summed E-state index contributed by atoms with van der Waals surface area (Å²) in [6.07, 6.45) is 2.06. The van der Waals surface area contributed by atoms with Gasteiger partial charge in [0.15, 0.2) is 0 Å². The van der Waals surface area contributed by atoms with Gasteiger partial charge in [0.25, 0.3) is 0 Å². The standard InChI is InChI=1S/C14H19N3O.C14H19N3S/c2*1-14(2,3)12-9-13(15)17(16-12)10-5-7-11(18-4)8-6-10/h2*5-9H,15H2,1-4H3. The Labute approximate surface area is 218 Å². The summed E-state index contributed by atoms with van der Waals surface area (Å²) in [4.78, 5) is 1.24. The molecule has 0 aliphatic carbocycles. The third-order valence-corrected chi connectivity index (χ3v) is 6.39. The smallest absolute Gasteiger partial charge is 0.127 e. The van der Waals surface area contributed by atoms with Crippen molar-refractivity contribution < 1.29 is 4.74 Å². The number of anilines is 2. The van der Waals surface area contributed by atoms with Crippen LogP contribution in [0.3, 0.4) is 0 Å². The first-order valence-electron chi connectivity index (χ1n) is 11.8. The van der Waals surface area contributed by atoms with Gasteiger partial charge in [-0.05, 0) is 54.8 Å². The lowest BCUT2D eigenvalue weighted by molar-refractivity contribution is 0.414. The normalized spacial score (nSPS) is 11.7. The fourth-order valence-corrected chi connectivity index (χ4v) is 3.79. The maximum absolute atomic E-state index is 6.04. The highest BCUT2D eigenvalue weighted by molar-refractivity contribution is 7.98. The summed E-state index contributed by atoms with van der Waals surface area (Å²) >= 11 is 1.73. The van der Waals surface area contributed by atoms with Crippen molar-refractivity contribution in [2.75, 3.05) is 24.8 Å². The van der Waals surface area contributed by atoms with Gasteiger partial charge in [0.05, 0.1) is 29.9 Å². The first-order chi connectivity index (χ1) is 16.8. The van der Waals surface area contributed by atoms with Gasteiger partial charge in [-0.3, -0.25) is 0 Å². The fraction of sp³-hybridized carbons (Fsp3) is 0.357. The average molecular weight is 507 g/mol. The minimum atomic E-state index is -0.00809. The number of benzene rings is 2. The predicted octanol–water partition coefficient (Wildman–Crippen LogP) is 6.23. The lowest BCUT2D eigenvalue weighted by atomic mass is 9.92. The molecule has 2 aromatic heterocycles. The Balaban J connectivity index is 0.000000201. The number of nitrogens with zero attached hydrogens (tertiary/aromatic N) is 4. The van der Waals surface area contributed by atoms with Crippen LogP contribution in [0.5, 0.6) is 5.75 Å². The van der Waals surface area contributed by atoms with Gasteiger partial charge < -0.3 is 16.2 Å². The molecule has 0 atom stereocenters. The van der Waals surface area contributed by atoms with Gasteiger partial charge in [-0.2, -0.15) is 10.2 Å². The van der Waals surface area contributed by atoms with E-state index in [-0.39, 0.29) is 10.8 Å². The molecule has 192 valence electrons. The van der Waals surface area contributed by atoms with Crippen LogP contribution in [0, 0.1) is 0 Å². The second-order valence-electron chi connectivity index (χ2n) is 10.6. The molecular formula is C28H38N6OS. The van der Waals surface area contributed by atoms with E-state index in [1.165, 1.54) is 4.90 Å². The number of hydrogen-bond acceptors (Lipinski definition) is 6. The molecule has 36 heavy (non-hydrogen) atoms. The Morgan fingerprint density at radius 2 is 1.08 bits per heavy atom. The van der Waals surface area contributed by atoms with Gasteiger partial charge in [-0.15, -0.1) is 11.8 Å². The van der Waals surface area contributed by atoms with Gasteiger partial charge in [0.1, 0.15) is 17.4 Å². The third kappa shape index (κ3) is 6.43. The van der Waals surface area contributed by atoms with Crippen molar-refractivity contribution in [1.82, 2.24) is 19.6 Å². The van der Waals surface area contributed by atoms with Gasteiger partial charge >= 0.3 is 0 Å². The van der Waals surface area contributed by atoms with Crippen LogP contribution in [-0.4, -0.2) is 32.9 Å². The Morgan fingerprint density at radius 1 is 0.694 bits per heavy atom. The third-order valence-electron chi connectivity index (χ3n) is 5.64. The molecule has 0 saturated carbocycles. The number of hydrogen-bond donors (Lipinski definition) is 2. The minimum Gasteiger partial charge on any atom is -0.497 e. The van der Waals surface area contributed by atoms with Crippen LogP contribution < -0.4 is 16.2 Å². The highest BCUT2D eigenvalue weighted by Gasteiger charge is 2.20. The van der Waals surface area contributed by atoms with Crippen LogP contribution in [0.4, 0.5) is 11.6 Å². The van der Waals surface area contributed by atoms with E-state index in [1.54, 1.807) is 28.2 Å². The molecule has 0 aliphatic rings. The van der Waals surface area contributed by atoms with E-state index >= 15 is 0 Å². The van der Waals surface area contributed by atoms with Crippen molar-refractivity contribution in [1.29, 1.82) is 0 Å². The molecule has 4 rings (SSSR count). The van der Waals surface area contributed by atoms with Crippen molar-refractivity contribution in [3.05, 3.63) is 72.1 Å². The Bertz CT molecular complexity index is 1170. The quantitative estimate of drug-likeness (QED) is 0.318. The largest absolute Gasteiger partial charge is 0.497 e. The highest BCUT2D eigenvalue weighted by Crippen LogP contribution is 2.26. The molecule has 0 saturated heterocycles. The molecule has 0 radical (unpaired) electrons. The van der Waals surface area contributed by atoms with Crippen LogP contribution >= 0.6 is 11.8 Å². The van der Waals surface area contributed by atoms with Crippen LogP contribution in [0.2, 0.25) is 0 Å². The van der Waals surface area contributed by atoms with E-state index in [0.717, 1.165) is 28.5 Å². The summed E-state index contributed by atoms with van der Waals surface area (Å²) in [5.74, 6) is 2.14. The molecule has 8 heteroatoms. The van der Waals surface area contributed by atoms with E-state index < -0.39 is 0 Å². The van der Waals surface area contributed by atoms with Crippen LogP contribution in [-0.2, 0) is 10.8 Å². The lowest BCUT2D eigenvalue weighted by Crippen LogP contribution is -2.12. The number of methoxy groups -OCH3 is 1. The lowest BCUT2D eigenvalue weighted by Gasteiger charge is -2.14. The molecule has 2 aromatic carbocycles. The van der Waals surface area contributed by atoms with E-state index in [2.05, 4.69) is 70.1 Å². The number of nitrogens with two attached hydrogens (primary N) is 2. The topological polar surface area (TPSA) is 96.9 Å². The Kier molecular flexibility index (Phi) is 8.09. The summed E-state index contributed by atoms with van der Waals surface area (Å²) in [6, 6.07) is 19.8. The average Bonchev–Trinajstić information content (AvgIpc) is 3.42. The maximum atomic E-state index is 6.04. The summed E-state index contributed by atoms with van der Waals surface area (Å²) in [6.45, 7) is 12.8. The van der Waals surface area contributed by atoms with E-state index in [4.69, 9.17) is 16.2 Å². The molecule has 4 N–H and O–H groups in total. The first kappa shape index (κ1) is 27.2. The van der Waals surface area contributed by atoms with E-state index in [0.29, 0.717) is 11.6 Å². The molecule has 4 aromatic rings. The summed E-state index contributed by atoms with van der Waals surface area (Å²) < 4.78 is 8.68. The zero-order chi connectivity index (χ0) is 26.7. The number of ether oxygens (including phenoxy) is 1. The highest BCUT2D eigenvalue weighted by atomic mass is 32.2. The number of nitrogen functional groups attached to an aromatic ring is 2. The molecule has 0 bridgehead atoms. The monoisotopic (exact) mass is 506 g/mol. The molecule has 0 fully saturated rings. The van der Waals surface area contributed by atoms with Crippen molar-refractivity contribution in [2.45, 2.75) is 57.3 Å². The van der Waals surface area contributed by atoms with Gasteiger partial charge in [-0.1, -0.05) is 41.5 Å². The van der Waals surface area contributed by atoms with Crippen molar-refractivity contribution in [2.24, 2.45) is 0 Å². The van der Waals surface area contributed by atoms with Gasteiger partial charge in [0, 0.05) is 27.9 Å². The summed E-state index contributed by atoms with van der Waals surface area (Å²) in [7, 11) is 1.65. The minimum absolute atomic E-state index is 0.00809. The Morgan fingerprint density at radius 3 is 1.39 bits per heavy atom. The van der Waals surface area contributed by atoms with Crippen LogP contribution in [0.15, 0.2) is 65.6 Å². The second-order valence-corrected chi connectivity index (χ2v) is 11.5. The molecule has 2 heterocycles. The SMILES string of the molecule is COc1ccc(-n2nc(C(C)(C)C)cc2N)cc1.CSc1ccc(-n2nc(C(C)(C)C)cc2N)cc1. The second kappa shape index (κ2) is 10.7. The van der Waals surface area contributed by atoms with Crippen molar-refractivity contribution in [3.63, 3.8) is 0 Å². The zero-order valence-corrected chi connectivity index (χ0v) is 23.4.